The summed E-state index contributed by atoms with van der Waals surface area (Å²) in [4.78, 5) is 33.0. The van der Waals surface area contributed by atoms with E-state index in [0.29, 0.717) is 12.1 Å². The summed E-state index contributed by atoms with van der Waals surface area (Å²) in [6, 6.07) is 0.312. The second kappa shape index (κ2) is 6.64. The van der Waals surface area contributed by atoms with Crippen LogP contribution < -0.4 is 15.4 Å². The van der Waals surface area contributed by atoms with Crippen LogP contribution in [0.1, 0.15) is 17.3 Å². The van der Waals surface area contributed by atoms with E-state index in [-0.39, 0.29) is 0 Å². The van der Waals surface area contributed by atoms with Gasteiger partial charge in [0.25, 0.3) is 5.91 Å². The molecule has 0 bridgehead atoms. The number of carboxylic acid groups (broad SMARTS) is 1. The summed E-state index contributed by atoms with van der Waals surface area (Å²) >= 11 is 0. The number of rotatable bonds is 4. The average Bonchev–Trinajstić information content (AvgIpc) is 2.41. The smallest absolute Gasteiger partial charge is 0.335 e. The van der Waals surface area contributed by atoms with Gasteiger partial charge >= 0.3 is 12.0 Å². The molecule has 9 heteroatoms. The minimum absolute atomic E-state index is 0.560. The Balaban J connectivity index is 2.90. The van der Waals surface area contributed by atoms with Gasteiger partial charge in [0, 0.05) is 7.05 Å². The van der Waals surface area contributed by atoms with E-state index in [4.69, 9.17) is 9.84 Å². The molecule has 0 aromatic heterocycles. The summed E-state index contributed by atoms with van der Waals surface area (Å²) in [7, 11) is 1.28. The Bertz CT molecular complexity index is 568. The molecule has 0 saturated heterocycles. The van der Waals surface area contributed by atoms with Crippen molar-refractivity contribution in [3.8, 4) is 5.75 Å². The molecule has 7 nitrogen and oxygen atoms in total. The van der Waals surface area contributed by atoms with Gasteiger partial charge in [0.05, 0.1) is 5.56 Å². The molecule has 1 unspecified atom stereocenters. The second-order valence-electron chi connectivity index (χ2n) is 3.90. The molecule has 0 aliphatic rings. The van der Waals surface area contributed by atoms with E-state index in [1.165, 1.54) is 14.0 Å². The number of imide groups is 1. The second-order valence-corrected chi connectivity index (χ2v) is 3.90. The maximum absolute atomic E-state index is 13.6. The minimum Gasteiger partial charge on any atom is -0.478 e. The number of hydrogen-bond acceptors (Lipinski definition) is 4. The predicted molar refractivity (Wildman–Crippen MR) is 66.0 cm³/mol. The van der Waals surface area contributed by atoms with E-state index < -0.39 is 47.0 Å². The standard InChI is InChI=1S/C12H12F2N2O5/c1-5(10(17)16-12(20)15-2)21-9-7(13)3-6(11(18)19)4-8(9)14/h3-5H,1-2H3,(H,18,19)(H2,15,16,17,20). The zero-order valence-electron chi connectivity index (χ0n) is 11.1. The third-order valence-electron chi connectivity index (χ3n) is 2.37. The van der Waals surface area contributed by atoms with Crippen LogP contribution in [0.2, 0.25) is 0 Å². The number of ether oxygens (including phenoxy) is 1. The lowest BCUT2D eigenvalue weighted by Crippen LogP contribution is -2.44. The summed E-state index contributed by atoms with van der Waals surface area (Å²) in [6.07, 6.45) is -1.37. The lowest BCUT2D eigenvalue weighted by Gasteiger charge is -2.15. The van der Waals surface area contributed by atoms with Gasteiger partial charge in [-0.1, -0.05) is 0 Å². The zero-order valence-corrected chi connectivity index (χ0v) is 11.1. The van der Waals surface area contributed by atoms with E-state index in [9.17, 15) is 23.2 Å². The molecule has 1 aromatic rings. The topological polar surface area (TPSA) is 105 Å². The fourth-order valence-corrected chi connectivity index (χ4v) is 1.30. The summed E-state index contributed by atoms with van der Waals surface area (Å²) in [5, 5.41) is 12.6. The Kier molecular flexibility index (Phi) is 5.17. The average molecular weight is 302 g/mol. The van der Waals surface area contributed by atoms with Crippen LogP contribution in [-0.4, -0.2) is 36.2 Å². The molecule has 0 heterocycles. The lowest BCUT2D eigenvalue weighted by atomic mass is 10.2. The molecule has 3 amide bonds. The Morgan fingerprint density at radius 1 is 1.24 bits per heavy atom. The van der Waals surface area contributed by atoms with Gasteiger partial charge in [0.15, 0.2) is 23.5 Å². The van der Waals surface area contributed by atoms with Crippen LogP contribution in [0.4, 0.5) is 13.6 Å². The largest absolute Gasteiger partial charge is 0.478 e. The predicted octanol–water partition coefficient (Wildman–Crippen LogP) is 0.886. The molecule has 0 aliphatic heterocycles. The molecule has 1 aromatic carbocycles. The first kappa shape index (κ1) is 16.3. The Morgan fingerprint density at radius 3 is 2.19 bits per heavy atom. The van der Waals surface area contributed by atoms with Crippen molar-refractivity contribution in [3.63, 3.8) is 0 Å². The quantitative estimate of drug-likeness (QED) is 0.766. The number of urea groups is 1. The third kappa shape index (κ3) is 4.13. The van der Waals surface area contributed by atoms with E-state index in [1.54, 1.807) is 0 Å². The first-order chi connectivity index (χ1) is 9.76. The van der Waals surface area contributed by atoms with Crippen molar-refractivity contribution < 1.29 is 33.0 Å². The van der Waals surface area contributed by atoms with Crippen molar-refractivity contribution in [2.24, 2.45) is 0 Å². The molecule has 0 saturated carbocycles. The molecular formula is C12H12F2N2O5. The highest BCUT2D eigenvalue weighted by Crippen LogP contribution is 2.24. The maximum atomic E-state index is 13.6. The van der Waals surface area contributed by atoms with Crippen molar-refractivity contribution in [1.82, 2.24) is 10.6 Å². The van der Waals surface area contributed by atoms with Gasteiger partial charge in [-0.05, 0) is 19.1 Å². The lowest BCUT2D eigenvalue weighted by molar-refractivity contribution is -0.126. The van der Waals surface area contributed by atoms with Crippen LogP contribution in [0, 0.1) is 11.6 Å². The fraction of sp³-hybridized carbons (Fsp3) is 0.250. The molecule has 21 heavy (non-hydrogen) atoms. The van der Waals surface area contributed by atoms with Gasteiger partial charge in [-0.25, -0.2) is 18.4 Å². The number of aromatic carboxylic acids is 1. The summed E-state index contributed by atoms with van der Waals surface area (Å²) in [5.41, 5.74) is -0.597. The van der Waals surface area contributed by atoms with Gasteiger partial charge in [0.2, 0.25) is 0 Å². The van der Waals surface area contributed by atoms with Crippen molar-refractivity contribution >= 4 is 17.9 Å². The number of carbonyl (C=O) groups is 3. The van der Waals surface area contributed by atoms with E-state index in [2.05, 4.69) is 5.32 Å². The summed E-state index contributed by atoms with van der Waals surface area (Å²) < 4.78 is 32.0. The van der Waals surface area contributed by atoms with Crippen LogP contribution in [0.25, 0.3) is 0 Å². The highest BCUT2D eigenvalue weighted by Gasteiger charge is 2.22. The molecular weight excluding hydrogens is 290 g/mol. The van der Waals surface area contributed by atoms with Gasteiger partial charge in [0.1, 0.15) is 0 Å². The SMILES string of the molecule is CNC(=O)NC(=O)C(C)Oc1c(F)cc(C(=O)O)cc1F. The highest BCUT2D eigenvalue weighted by atomic mass is 19.1. The molecule has 3 N–H and O–H groups in total. The monoisotopic (exact) mass is 302 g/mol. The zero-order chi connectivity index (χ0) is 16.2. The van der Waals surface area contributed by atoms with Gasteiger partial charge in [-0.2, -0.15) is 0 Å². The molecule has 0 spiro atoms. The van der Waals surface area contributed by atoms with E-state index in [0.717, 1.165) is 0 Å². The van der Waals surface area contributed by atoms with Crippen molar-refractivity contribution in [1.29, 1.82) is 0 Å². The molecule has 0 aliphatic carbocycles. The first-order valence-corrected chi connectivity index (χ1v) is 5.67. The summed E-state index contributed by atoms with van der Waals surface area (Å²) in [5.74, 6) is -5.88. The maximum Gasteiger partial charge on any atom is 0.335 e. The molecule has 1 rings (SSSR count). The van der Waals surface area contributed by atoms with Crippen LogP contribution in [0.15, 0.2) is 12.1 Å². The van der Waals surface area contributed by atoms with E-state index >= 15 is 0 Å². The normalized spacial score (nSPS) is 11.4. The number of halogens is 2. The van der Waals surface area contributed by atoms with Gasteiger partial charge in [-0.15, -0.1) is 0 Å². The third-order valence-corrected chi connectivity index (χ3v) is 2.37. The number of carbonyl (C=O) groups excluding carboxylic acids is 2. The summed E-state index contributed by atoms with van der Waals surface area (Å²) in [6.45, 7) is 1.17. The van der Waals surface area contributed by atoms with Crippen LogP contribution in [0.3, 0.4) is 0 Å². The molecule has 0 radical (unpaired) electrons. The Hall–Kier alpha value is -2.71. The molecule has 0 fully saturated rings. The van der Waals surface area contributed by atoms with Crippen molar-refractivity contribution in [2.75, 3.05) is 7.05 Å². The fourth-order valence-electron chi connectivity index (χ4n) is 1.30. The number of hydrogen-bond donors (Lipinski definition) is 3. The van der Waals surface area contributed by atoms with Crippen LogP contribution in [-0.2, 0) is 4.79 Å². The molecule has 1 atom stereocenters. The van der Waals surface area contributed by atoms with Gasteiger partial charge < -0.3 is 15.2 Å². The highest BCUT2D eigenvalue weighted by molar-refractivity contribution is 5.96. The van der Waals surface area contributed by atoms with Gasteiger partial charge in [-0.3, -0.25) is 10.1 Å². The number of carboxylic acids is 1. The number of nitrogens with one attached hydrogen (secondary N) is 2. The van der Waals surface area contributed by atoms with Crippen molar-refractivity contribution in [2.45, 2.75) is 13.0 Å². The van der Waals surface area contributed by atoms with Crippen molar-refractivity contribution in [3.05, 3.63) is 29.3 Å². The number of amides is 3. The van der Waals surface area contributed by atoms with E-state index in [1.807, 2.05) is 5.32 Å². The molecule has 114 valence electrons. The van der Waals surface area contributed by atoms with Crippen LogP contribution in [0.5, 0.6) is 5.75 Å². The Labute approximate surface area is 117 Å². The number of benzene rings is 1. The Morgan fingerprint density at radius 2 is 1.76 bits per heavy atom. The first-order valence-electron chi connectivity index (χ1n) is 5.67. The van der Waals surface area contributed by atoms with Crippen LogP contribution >= 0.6 is 0 Å². The minimum atomic E-state index is -1.51.